The molecule has 1 aliphatic heterocycles. The van der Waals surface area contributed by atoms with Gasteiger partial charge >= 0.3 is 5.97 Å². The van der Waals surface area contributed by atoms with Crippen LogP contribution in [0.2, 0.25) is 0 Å². The number of esters is 1. The topological polar surface area (TPSA) is 81.6 Å². The van der Waals surface area contributed by atoms with Crippen LogP contribution in [0, 0.1) is 0 Å². The lowest BCUT2D eigenvalue weighted by atomic mass is 10.1. The van der Waals surface area contributed by atoms with Crippen LogP contribution in [0.3, 0.4) is 0 Å². The third kappa shape index (κ3) is 5.06. The van der Waals surface area contributed by atoms with Crippen LogP contribution in [0.15, 0.2) is 0 Å². The highest BCUT2D eigenvalue weighted by Gasteiger charge is 2.34. The Morgan fingerprint density at radius 3 is 2.79 bits per heavy atom. The Morgan fingerprint density at radius 2 is 2.16 bits per heavy atom. The molecular weight excluding hydrogens is 250 g/mol. The lowest BCUT2D eigenvalue weighted by Crippen LogP contribution is -2.67. The number of methoxy groups -OCH3 is 1. The zero-order valence-corrected chi connectivity index (χ0v) is 12.1. The third-order valence-electron chi connectivity index (χ3n) is 3.17. The van der Waals surface area contributed by atoms with Crippen molar-refractivity contribution in [1.29, 1.82) is 0 Å². The lowest BCUT2D eigenvalue weighted by molar-refractivity contribution is -0.415. The molecule has 0 aromatic rings. The first-order valence-electron chi connectivity index (χ1n) is 6.85. The maximum Gasteiger partial charge on any atom is 0.367 e. The van der Waals surface area contributed by atoms with Gasteiger partial charge in [0.1, 0.15) is 24.9 Å². The normalized spacial score (nSPS) is 33.2. The van der Waals surface area contributed by atoms with Crippen molar-refractivity contribution in [3.05, 3.63) is 0 Å². The number of unbranched alkanes of at least 4 members (excludes halogenated alkanes) is 1. The minimum Gasteiger partial charge on any atom is -0.455 e. The van der Waals surface area contributed by atoms with Gasteiger partial charge in [-0.15, -0.1) is 0 Å². The van der Waals surface area contributed by atoms with E-state index in [-0.39, 0.29) is 30.9 Å². The second kappa shape index (κ2) is 8.47. The van der Waals surface area contributed by atoms with Gasteiger partial charge in [-0.1, -0.05) is 13.3 Å². The van der Waals surface area contributed by atoms with E-state index in [1.807, 2.05) is 0 Å². The summed E-state index contributed by atoms with van der Waals surface area (Å²) in [5.41, 5.74) is 3.73. The summed E-state index contributed by atoms with van der Waals surface area (Å²) in [6, 6.07) is -0.505. The lowest BCUT2D eigenvalue weighted by Gasteiger charge is -2.29. The third-order valence-corrected chi connectivity index (χ3v) is 3.17. The number of cyclic esters (lactones) is 1. The van der Waals surface area contributed by atoms with E-state index in [2.05, 4.69) is 12.7 Å². The predicted molar refractivity (Wildman–Crippen MR) is 68.5 cm³/mol. The number of hydrogen-bond acceptors (Lipinski definition) is 5. The molecule has 1 fully saturated rings. The summed E-state index contributed by atoms with van der Waals surface area (Å²) >= 11 is 0. The summed E-state index contributed by atoms with van der Waals surface area (Å²) in [6.45, 7) is 5.19. The van der Waals surface area contributed by atoms with E-state index >= 15 is 0 Å². The molecule has 1 rings (SSSR count). The van der Waals surface area contributed by atoms with Gasteiger partial charge in [-0.2, -0.15) is 0 Å². The number of carbonyl (C=O) groups is 1. The molecule has 0 amide bonds. The molecule has 0 saturated carbocycles. The summed E-state index contributed by atoms with van der Waals surface area (Å²) in [5.74, 6) is -0.358. The van der Waals surface area contributed by atoms with Gasteiger partial charge in [0, 0.05) is 13.7 Å². The molecule has 0 unspecified atom stereocenters. The summed E-state index contributed by atoms with van der Waals surface area (Å²) < 4.78 is 22.0. The average Bonchev–Trinajstić information content (AvgIpc) is 2.42. The fraction of sp³-hybridized carbons (Fsp3) is 0.923. The van der Waals surface area contributed by atoms with E-state index < -0.39 is 6.04 Å². The molecule has 0 aliphatic carbocycles. The van der Waals surface area contributed by atoms with E-state index in [1.165, 1.54) is 0 Å². The van der Waals surface area contributed by atoms with Gasteiger partial charge in [-0.05, 0) is 13.3 Å². The predicted octanol–water partition coefficient (Wildman–Crippen LogP) is -0.241. The molecule has 3 N–H and O–H groups in total. The molecule has 0 radical (unpaired) electrons. The van der Waals surface area contributed by atoms with Crippen LogP contribution in [0.5, 0.6) is 0 Å². The van der Waals surface area contributed by atoms with Gasteiger partial charge in [0.2, 0.25) is 6.04 Å². The minimum atomic E-state index is -0.505. The standard InChI is InChI=1S/C13H25NO5/c1-4-5-6-18-11-8-17-7-10(14)13(15)19-9(2)12(11)16-3/h9-12H,4-8,14H2,1-3H3/p+1/t9-,10-,11-,12-/m0/s1. The Hall–Kier alpha value is -0.690. The van der Waals surface area contributed by atoms with Gasteiger partial charge < -0.3 is 24.7 Å². The Bertz CT molecular complexity index is 274. The number of carbonyl (C=O) groups excluding carboxylic acids is 1. The molecule has 6 heteroatoms. The van der Waals surface area contributed by atoms with Crippen LogP contribution in [-0.2, 0) is 23.7 Å². The van der Waals surface area contributed by atoms with Crippen molar-refractivity contribution >= 4 is 5.97 Å². The quantitative estimate of drug-likeness (QED) is 0.553. The van der Waals surface area contributed by atoms with Crippen LogP contribution in [0.25, 0.3) is 0 Å². The number of quaternary nitrogens is 1. The largest absolute Gasteiger partial charge is 0.455 e. The summed E-state index contributed by atoms with van der Waals surface area (Å²) in [7, 11) is 1.59. The SMILES string of the molecule is CCCCO[C@H]1COC[C@H]([NH3+])C(=O)O[C@@H](C)[C@@H]1OC. The molecule has 6 nitrogen and oxygen atoms in total. The van der Waals surface area contributed by atoms with Gasteiger partial charge in [-0.25, -0.2) is 4.79 Å². The van der Waals surface area contributed by atoms with Crippen LogP contribution in [0.1, 0.15) is 26.7 Å². The van der Waals surface area contributed by atoms with Gasteiger partial charge in [0.15, 0.2) is 0 Å². The number of rotatable bonds is 5. The van der Waals surface area contributed by atoms with Crippen molar-refractivity contribution in [2.24, 2.45) is 0 Å². The summed E-state index contributed by atoms with van der Waals surface area (Å²) in [6.07, 6.45) is 1.11. The van der Waals surface area contributed by atoms with Gasteiger partial charge in [-0.3, -0.25) is 0 Å². The van der Waals surface area contributed by atoms with Crippen molar-refractivity contribution in [2.75, 3.05) is 26.9 Å². The fourth-order valence-electron chi connectivity index (χ4n) is 2.00. The molecular formula is C13H26NO5+. The summed E-state index contributed by atoms with van der Waals surface area (Å²) in [5, 5.41) is 0. The highest BCUT2D eigenvalue weighted by molar-refractivity contribution is 5.74. The summed E-state index contributed by atoms with van der Waals surface area (Å²) in [4.78, 5) is 11.7. The first kappa shape index (κ1) is 16.4. The van der Waals surface area contributed by atoms with E-state index in [1.54, 1.807) is 14.0 Å². The molecule has 0 aromatic carbocycles. The molecule has 112 valence electrons. The second-order valence-electron chi connectivity index (χ2n) is 4.84. The highest BCUT2D eigenvalue weighted by Crippen LogP contribution is 2.15. The monoisotopic (exact) mass is 276 g/mol. The van der Waals surface area contributed by atoms with E-state index in [0.717, 1.165) is 12.8 Å². The van der Waals surface area contributed by atoms with E-state index in [4.69, 9.17) is 18.9 Å². The molecule has 4 atom stereocenters. The maximum absolute atomic E-state index is 11.7. The molecule has 1 saturated heterocycles. The van der Waals surface area contributed by atoms with Crippen LogP contribution in [0.4, 0.5) is 0 Å². The minimum absolute atomic E-state index is 0.232. The van der Waals surface area contributed by atoms with E-state index in [9.17, 15) is 4.79 Å². The fourth-order valence-corrected chi connectivity index (χ4v) is 2.00. The van der Waals surface area contributed by atoms with Gasteiger partial charge in [0.05, 0.1) is 6.61 Å². The van der Waals surface area contributed by atoms with Crippen LogP contribution in [-0.4, -0.2) is 57.3 Å². The Labute approximate surface area is 114 Å². The zero-order chi connectivity index (χ0) is 14.3. The van der Waals surface area contributed by atoms with Crippen molar-refractivity contribution in [2.45, 2.75) is 51.0 Å². The molecule has 0 spiro atoms. The Balaban J connectivity index is 2.67. The van der Waals surface area contributed by atoms with Crippen molar-refractivity contribution in [3.8, 4) is 0 Å². The van der Waals surface area contributed by atoms with Crippen molar-refractivity contribution in [1.82, 2.24) is 0 Å². The number of ether oxygens (including phenoxy) is 4. The average molecular weight is 276 g/mol. The first-order valence-corrected chi connectivity index (χ1v) is 6.85. The molecule has 19 heavy (non-hydrogen) atoms. The molecule has 1 aliphatic rings. The first-order chi connectivity index (χ1) is 9.10. The maximum atomic E-state index is 11.7. The molecule has 0 bridgehead atoms. The van der Waals surface area contributed by atoms with Crippen LogP contribution < -0.4 is 5.73 Å². The van der Waals surface area contributed by atoms with Crippen molar-refractivity contribution in [3.63, 3.8) is 0 Å². The van der Waals surface area contributed by atoms with Gasteiger partial charge in [0.25, 0.3) is 0 Å². The Kier molecular flexibility index (Phi) is 7.30. The zero-order valence-electron chi connectivity index (χ0n) is 12.1. The number of hydrogen-bond donors (Lipinski definition) is 1. The van der Waals surface area contributed by atoms with Crippen molar-refractivity contribution < 1.29 is 29.5 Å². The molecule has 0 aromatic heterocycles. The smallest absolute Gasteiger partial charge is 0.367 e. The van der Waals surface area contributed by atoms with E-state index in [0.29, 0.717) is 13.2 Å². The Morgan fingerprint density at radius 1 is 1.42 bits per heavy atom. The highest BCUT2D eigenvalue weighted by atomic mass is 16.6. The van der Waals surface area contributed by atoms with Crippen LogP contribution >= 0.6 is 0 Å². The second-order valence-corrected chi connectivity index (χ2v) is 4.84. The molecule has 1 heterocycles.